The molecule has 0 atom stereocenters. The lowest BCUT2D eigenvalue weighted by Gasteiger charge is -2.08. The number of carbonyl (C=O) groups is 1. The van der Waals surface area contributed by atoms with Crippen molar-refractivity contribution in [3.05, 3.63) is 57.3 Å². The van der Waals surface area contributed by atoms with E-state index in [2.05, 4.69) is 26.0 Å². The largest absolute Gasteiger partial charge is 0.299 e. The molecule has 0 aliphatic carbocycles. The number of carbonyl (C=O) groups excluding carboxylic acids is 1. The lowest BCUT2D eigenvalue weighted by atomic mass is 9.96. The van der Waals surface area contributed by atoms with Crippen LogP contribution in [0, 0.1) is 13.8 Å². The van der Waals surface area contributed by atoms with Crippen LogP contribution in [0.2, 0.25) is 0 Å². The molecule has 2 rings (SSSR count). The molecule has 0 bridgehead atoms. The Hall–Kier alpha value is -1.41. The monoisotopic (exact) mass is 244 g/mol. The Morgan fingerprint density at radius 1 is 1.12 bits per heavy atom. The van der Waals surface area contributed by atoms with Gasteiger partial charge in [-0.25, -0.2) is 0 Å². The van der Waals surface area contributed by atoms with E-state index in [1.54, 1.807) is 11.3 Å². The van der Waals surface area contributed by atoms with E-state index in [1.165, 1.54) is 16.7 Å². The van der Waals surface area contributed by atoms with Gasteiger partial charge in [0.1, 0.15) is 5.78 Å². The standard InChI is InChI=1S/C15H16OS/c1-11-4-3-5-12(2)15(11)9-14(16)8-13-6-7-17-10-13/h3-7,10H,8-9H2,1-2H3. The summed E-state index contributed by atoms with van der Waals surface area (Å²) in [4.78, 5) is 12.0. The van der Waals surface area contributed by atoms with E-state index in [1.807, 2.05) is 22.9 Å². The zero-order chi connectivity index (χ0) is 12.3. The summed E-state index contributed by atoms with van der Waals surface area (Å²) in [6.07, 6.45) is 1.10. The number of hydrogen-bond acceptors (Lipinski definition) is 2. The van der Waals surface area contributed by atoms with Gasteiger partial charge in [-0.15, -0.1) is 0 Å². The molecule has 1 aromatic carbocycles. The van der Waals surface area contributed by atoms with Gasteiger partial charge in [0.15, 0.2) is 0 Å². The second-order valence-corrected chi connectivity index (χ2v) is 5.17. The number of Topliss-reactive ketones (excluding diaryl/α,β-unsaturated/α-hetero) is 1. The lowest BCUT2D eigenvalue weighted by Crippen LogP contribution is -2.08. The number of thiophene rings is 1. The molecule has 0 unspecified atom stereocenters. The van der Waals surface area contributed by atoms with Gasteiger partial charge in [0.05, 0.1) is 0 Å². The van der Waals surface area contributed by atoms with Gasteiger partial charge >= 0.3 is 0 Å². The smallest absolute Gasteiger partial charge is 0.141 e. The molecule has 0 radical (unpaired) electrons. The van der Waals surface area contributed by atoms with Crippen LogP contribution in [0.25, 0.3) is 0 Å². The van der Waals surface area contributed by atoms with Crippen LogP contribution in [0.4, 0.5) is 0 Å². The predicted molar refractivity (Wildman–Crippen MR) is 72.7 cm³/mol. The minimum absolute atomic E-state index is 0.292. The number of aryl methyl sites for hydroxylation is 2. The average Bonchev–Trinajstić information content (AvgIpc) is 2.76. The van der Waals surface area contributed by atoms with Crippen molar-refractivity contribution in [1.82, 2.24) is 0 Å². The predicted octanol–water partition coefficient (Wildman–Crippen LogP) is 3.72. The Bertz CT molecular complexity index is 491. The second-order valence-electron chi connectivity index (χ2n) is 4.39. The summed E-state index contributed by atoms with van der Waals surface area (Å²) in [5, 5.41) is 4.06. The summed E-state index contributed by atoms with van der Waals surface area (Å²) in [6.45, 7) is 4.14. The minimum atomic E-state index is 0.292. The maximum Gasteiger partial charge on any atom is 0.141 e. The molecule has 1 nitrogen and oxygen atoms in total. The van der Waals surface area contributed by atoms with E-state index in [-0.39, 0.29) is 0 Å². The fraction of sp³-hybridized carbons (Fsp3) is 0.267. The van der Waals surface area contributed by atoms with E-state index < -0.39 is 0 Å². The van der Waals surface area contributed by atoms with Crippen LogP contribution in [0.1, 0.15) is 22.3 Å². The normalized spacial score (nSPS) is 10.5. The Morgan fingerprint density at radius 2 is 1.82 bits per heavy atom. The summed E-state index contributed by atoms with van der Waals surface area (Å²) < 4.78 is 0. The molecule has 1 heterocycles. The molecule has 2 heteroatoms. The molecule has 0 aliphatic rings. The van der Waals surface area contributed by atoms with Gasteiger partial charge in [-0.2, -0.15) is 11.3 Å². The average molecular weight is 244 g/mol. The zero-order valence-corrected chi connectivity index (χ0v) is 11.0. The summed E-state index contributed by atoms with van der Waals surface area (Å²) in [7, 11) is 0. The highest BCUT2D eigenvalue weighted by Gasteiger charge is 2.09. The third-order valence-electron chi connectivity index (χ3n) is 3.00. The summed E-state index contributed by atoms with van der Waals surface area (Å²) >= 11 is 1.64. The summed E-state index contributed by atoms with van der Waals surface area (Å²) in [5.41, 5.74) is 4.74. The van der Waals surface area contributed by atoms with E-state index in [0.717, 1.165) is 5.56 Å². The van der Waals surface area contributed by atoms with Gasteiger partial charge in [-0.3, -0.25) is 4.79 Å². The zero-order valence-electron chi connectivity index (χ0n) is 10.2. The van der Waals surface area contributed by atoms with E-state index in [4.69, 9.17) is 0 Å². The first-order valence-corrected chi connectivity index (χ1v) is 6.69. The van der Waals surface area contributed by atoms with Crippen molar-refractivity contribution in [2.75, 3.05) is 0 Å². The molecule has 0 saturated carbocycles. The molecule has 2 aromatic rings. The van der Waals surface area contributed by atoms with Crippen molar-refractivity contribution >= 4 is 17.1 Å². The topological polar surface area (TPSA) is 17.1 Å². The minimum Gasteiger partial charge on any atom is -0.299 e. The molecule has 0 spiro atoms. The fourth-order valence-electron chi connectivity index (χ4n) is 2.01. The van der Waals surface area contributed by atoms with Crippen LogP contribution >= 0.6 is 11.3 Å². The molecule has 88 valence electrons. The van der Waals surface area contributed by atoms with Crippen molar-refractivity contribution in [2.24, 2.45) is 0 Å². The van der Waals surface area contributed by atoms with E-state index >= 15 is 0 Å². The summed E-state index contributed by atoms with van der Waals surface area (Å²) in [5.74, 6) is 0.292. The number of ketones is 1. The van der Waals surface area contributed by atoms with Crippen LogP contribution in [0.15, 0.2) is 35.0 Å². The van der Waals surface area contributed by atoms with Gasteiger partial charge in [0, 0.05) is 12.8 Å². The highest BCUT2D eigenvalue weighted by molar-refractivity contribution is 7.07. The van der Waals surface area contributed by atoms with Gasteiger partial charge in [-0.1, -0.05) is 18.2 Å². The highest BCUT2D eigenvalue weighted by Crippen LogP contribution is 2.15. The van der Waals surface area contributed by atoms with E-state index in [9.17, 15) is 4.79 Å². The quantitative estimate of drug-likeness (QED) is 0.801. The highest BCUT2D eigenvalue weighted by atomic mass is 32.1. The third-order valence-corrected chi connectivity index (χ3v) is 3.73. The molecular weight excluding hydrogens is 228 g/mol. The Kier molecular flexibility index (Phi) is 3.75. The molecule has 0 aliphatic heterocycles. The number of benzene rings is 1. The first-order chi connectivity index (χ1) is 8.16. The van der Waals surface area contributed by atoms with Crippen molar-refractivity contribution < 1.29 is 4.79 Å². The maximum absolute atomic E-state index is 12.0. The van der Waals surface area contributed by atoms with Crippen molar-refractivity contribution in [3.63, 3.8) is 0 Å². The van der Waals surface area contributed by atoms with Crippen LogP contribution in [-0.2, 0) is 17.6 Å². The van der Waals surface area contributed by atoms with Gasteiger partial charge in [-0.05, 0) is 52.9 Å². The Morgan fingerprint density at radius 3 is 2.41 bits per heavy atom. The van der Waals surface area contributed by atoms with Crippen molar-refractivity contribution in [3.8, 4) is 0 Å². The van der Waals surface area contributed by atoms with Crippen LogP contribution < -0.4 is 0 Å². The van der Waals surface area contributed by atoms with Crippen LogP contribution in [0.3, 0.4) is 0 Å². The third kappa shape index (κ3) is 3.04. The number of rotatable bonds is 4. The SMILES string of the molecule is Cc1cccc(C)c1CC(=O)Cc1ccsc1. The molecule has 0 amide bonds. The van der Waals surface area contributed by atoms with E-state index in [0.29, 0.717) is 18.6 Å². The van der Waals surface area contributed by atoms with Gasteiger partial charge in [0.25, 0.3) is 0 Å². The number of hydrogen-bond donors (Lipinski definition) is 0. The maximum atomic E-state index is 12.0. The molecular formula is C15H16OS. The molecule has 0 fully saturated rings. The molecule has 0 N–H and O–H groups in total. The second kappa shape index (κ2) is 5.28. The van der Waals surface area contributed by atoms with Crippen molar-refractivity contribution in [2.45, 2.75) is 26.7 Å². The first kappa shape index (κ1) is 12.1. The molecule has 0 saturated heterocycles. The molecule has 17 heavy (non-hydrogen) atoms. The fourth-order valence-corrected chi connectivity index (χ4v) is 2.68. The Labute approximate surface area is 106 Å². The van der Waals surface area contributed by atoms with Crippen molar-refractivity contribution in [1.29, 1.82) is 0 Å². The van der Waals surface area contributed by atoms with Gasteiger partial charge < -0.3 is 0 Å². The lowest BCUT2D eigenvalue weighted by molar-refractivity contribution is -0.117. The summed E-state index contributed by atoms with van der Waals surface area (Å²) in [6, 6.07) is 8.20. The molecule has 1 aromatic heterocycles. The Balaban J connectivity index is 2.08. The van der Waals surface area contributed by atoms with Crippen LogP contribution in [-0.4, -0.2) is 5.78 Å². The van der Waals surface area contributed by atoms with Gasteiger partial charge in [0.2, 0.25) is 0 Å². The first-order valence-electron chi connectivity index (χ1n) is 5.74. The van der Waals surface area contributed by atoms with Crippen LogP contribution in [0.5, 0.6) is 0 Å².